The number of hydrogen-bond donors (Lipinski definition) is 0. The number of likely N-dealkylation sites (tertiary alicyclic amines) is 1. The number of nitrogens with zero attached hydrogens (tertiary/aromatic N) is 1. The van der Waals surface area contributed by atoms with Gasteiger partial charge in [0.05, 0.1) is 7.11 Å². The average Bonchev–Trinajstić information content (AvgIpc) is 2.16. The Kier molecular flexibility index (Phi) is 4.32. The van der Waals surface area contributed by atoms with Gasteiger partial charge >= 0.3 is 5.97 Å². The maximum Gasteiger partial charge on any atom is 0.305 e. The molecule has 82 valence electrons. The van der Waals surface area contributed by atoms with E-state index in [2.05, 4.69) is 4.74 Å². The van der Waals surface area contributed by atoms with Crippen LogP contribution >= 0.6 is 0 Å². The maximum absolute atomic E-state index is 13.5. The molecule has 0 aromatic carbocycles. The van der Waals surface area contributed by atoms with Crippen LogP contribution in [0.3, 0.4) is 0 Å². The van der Waals surface area contributed by atoms with Crippen LogP contribution in [0.5, 0.6) is 0 Å². The number of halogens is 1. The van der Waals surface area contributed by atoms with Crippen LogP contribution in [-0.4, -0.2) is 44.3 Å². The zero-order valence-electron chi connectivity index (χ0n) is 8.83. The first-order valence-corrected chi connectivity index (χ1v) is 5.03. The molecule has 1 fully saturated rings. The Balaban J connectivity index is 2.27. The molecule has 0 aromatic heterocycles. The molecule has 1 rings (SSSR count). The Morgan fingerprint density at radius 3 is 2.93 bits per heavy atom. The minimum absolute atomic E-state index is 0.0327. The third-order valence-corrected chi connectivity index (χ3v) is 2.83. The first-order chi connectivity index (χ1) is 6.63. The minimum Gasteiger partial charge on any atom is -0.469 e. The zero-order chi connectivity index (χ0) is 10.6. The molecular weight excluding hydrogens is 185 g/mol. The second-order valence-corrected chi connectivity index (χ2v) is 3.94. The number of esters is 1. The number of ether oxygens (including phenoxy) is 1. The summed E-state index contributed by atoms with van der Waals surface area (Å²) in [4.78, 5) is 12.9. The van der Waals surface area contributed by atoms with Crippen molar-refractivity contribution < 1.29 is 13.9 Å². The summed E-state index contributed by atoms with van der Waals surface area (Å²) in [6.45, 7) is 1.41. The van der Waals surface area contributed by atoms with Crippen LogP contribution in [0.2, 0.25) is 0 Å². The quantitative estimate of drug-likeness (QED) is 0.646. The van der Waals surface area contributed by atoms with E-state index in [4.69, 9.17) is 0 Å². The van der Waals surface area contributed by atoms with Crippen molar-refractivity contribution in [3.05, 3.63) is 0 Å². The SMILES string of the molecule is COC(=O)CC[C@@H]1CCN(C)C[C@H]1F. The van der Waals surface area contributed by atoms with E-state index < -0.39 is 6.17 Å². The van der Waals surface area contributed by atoms with Gasteiger partial charge in [-0.05, 0) is 32.4 Å². The molecule has 2 atom stereocenters. The van der Waals surface area contributed by atoms with Crippen molar-refractivity contribution in [2.75, 3.05) is 27.2 Å². The Morgan fingerprint density at radius 1 is 1.64 bits per heavy atom. The molecular formula is C10H18FNO2. The minimum atomic E-state index is -0.793. The molecule has 1 aliphatic rings. The van der Waals surface area contributed by atoms with Gasteiger partial charge in [0, 0.05) is 13.0 Å². The van der Waals surface area contributed by atoms with Crippen LogP contribution in [0.25, 0.3) is 0 Å². The highest BCUT2D eigenvalue weighted by Crippen LogP contribution is 2.24. The fourth-order valence-corrected chi connectivity index (χ4v) is 1.84. The molecule has 1 heterocycles. The molecule has 0 amide bonds. The third kappa shape index (κ3) is 3.25. The van der Waals surface area contributed by atoms with Gasteiger partial charge < -0.3 is 9.64 Å². The van der Waals surface area contributed by atoms with Crippen LogP contribution in [0.1, 0.15) is 19.3 Å². The standard InChI is InChI=1S/C10H18FNO2/c1-12-6-5-8(9(11)7-12)3-4-10(13)14-2/h8-9H,3-7H2,1-2H3/t8-,9-/m1/s1. The number of carbonyl (C=O) groups excluding carboxylic acids is 1. The third-order valence-electron chi connectivity index (χ3n) is 2.83. The summed E-state index contributed by atoms with van der Waals surface area (Å²) in [6, 6.07) is 0. The monoisotopic (exact) mass is 203 g/mol. The van der Waals surface area contributed by atoms with Gasteiger partial charge in [0.15, 0.2) is 0 Å². The van der Waals surface area contributed by atoms with E-state index in [-0.39, 0.29) is 11.9 Å². The van der Waals surface area contributed by atoms with Crippen molar-refractivity contribution in [1.29, 1.82) is 0 Å². The summed E-state index contributed by atoms with van der Waals surface area (Å²) in [7, 11) is 3.28. The van der Waals surface area contributed by atoms with Gasteiger partial charge in [-0.1, -0.05) is 0 Å². The molecule has 14 heavy (non-hydrogen) atoms. The Morgan fingerprint density at radius 2 is 2.36 bits per heavy atom. The van der Waals surface area contributed by atoms with E-state index in [0.29, 0.717) is 19.4 Å². The smallest absolute Gasteiger partial charge is 0.305 e. The lowest BCUT2D eigenvalue weighted by molar-refractivity contribution is -0.141. The van der Waals surface area contributed by atoms with E-state index in [1.807, 2.05) is 11.9 Å². The van der Waals surface area contributed by atoms with Crippen LogP contribution in [0, 0.1) is 5.92 Å². The van der Waals surface area contributed by atoms with E-state index >= 15 is 0 Å². The number of methoxy groups -OCH3 is 1. The summed E-state index contributed by atoms with van der Waals surface area (Å²) < 4.78 is 18.0. The number of alkyl halides is 1. The topological polar surface area (TPSA) is 29.5 Å². The van der Waals surface area contributed by atoms with Crippen molar-refractivity contribution in [2.24, 2.45) is 5.92 Å². The Hall–Kier alpha value is -0.640. The van der Waals surface area contributed by atoms with Crippen molar-refractivity contribution in [2.45, 2.75) is 25.4 Å². The second kappa shape index (κ2) is 5.29. The molecule has 0 spiro atoms. The van der Waals surface area contributed by atoms with Crippen molar-refractivity contribution in [3.63, 3.8) is 0 Å². The Bertz CT molecular complexity index is 199. The first-order valence-electron chi connectivity index (χ1n) is 5.03. The molecule has 4 heteroatoms. The molecule has 0 unspecified atom stereocenters. The van der Waals surface area contributed by atoms with E-state index in [1.54, 1.807) is 0 Å². The normalized spacial score (nSPS) is 28.8. The lowest BCUT2D eigenvalue weighted by Gasteiger charge is -2.31. The molecule has 0 radical (unpaired) electrons. The highest BCUT2D eigenvalue weighted by atomic mass is 19.1. The molecule has 1 aliphatic heterocycles. The molecule has 0 saturated carbocycles. The van der Waals surface area contributed by atoms with Crippen LogP contribution < -0.4 is 0 Å². The molecule has 0 aromatic rings. The number of piperidine rings is 1. The highest BCUT2D eigenvalue weighted by molar-refractivity contribution is 5.69. The van der Waals surface area contributed by atoms with Crippen LogP contribution in [0.15, 0.2) is 0 Å². The van der Waals surface area contributed by atoms with Crippen molar-refractivity contribution in [3.8, 4) is 0 Å². The fourth-order valence-electron chi connectivity index (χ4n) is 1.84. The second-order valence-electron chi connectivity index (χ2n) is 3.94. The van der Waals surface area contributed by atoms with Gasteiger partial charge in [-0.2, -0.15) is 0 Å². The predicted octanol–water partition coefficient (Wildman–Crippen LogP) is 1.23. The zero-order valence-corrected chi connectivity index (χ0v) is 8.83. The summed E-state index contributed by atoms with van der Waals surface area (Å²) >= 11 is 0. The molecule has 3 nitrogen and oxygen atoms in total. The van der Waals surface area contributed by atoms with Crippen molar-refractivity contribution in [1.82, 2.24) is 4.90 Å². The summed E-state index contributed by atoms with van der Waals surface area (Å²) in [5.74, 6) is -0.207. The van der Waals surface area contributed by atoms with Crippen molar-refractivity contribution >= 4 is 5.97 Å². The van der Waals surface area contributed by atoms with Gasteiger partial charge in [0.2, 0.25) is 0 Å². The van der Waals surface area contributed by atoms with Gasteiger partial charge in [-0.25, -0.2) is 4.39 Å². The van der Waals surface area contributed by atoms with Crippen LogP contribution in [-0.2, 0) is 9.53 Å². The molecule has 1 saturated heterocycles. The molecule has 0 bridgehead atoms. The van der Waals surface area contributed by atoms with Crippen LogP contribution in [0.4, 0.5) is 4.39 Å². The first kappa shape index (κ1) is 11.4. The summed E-state index contributed by atoms with van der Waals surface area (Å²) in [6.07, 6.45) is 1.00. The van der Waals surface area contributed by atoms with Gasteiger partial charge in [-0.3, -0.25) is 4.79 Å². The molecule has 0 aliphatic carbocycles. The number of rotatable bonds is 3. The predicted molar refractivity (Wildman–Crippen MR) is 51.8 cm³/mol. The maximum atomic E-state index is 13.5. The summed E-state index contributed by atoms with van der Waals surface area (Å²) in [5.41, 5.74) is 0. The number of carbonyl (C=O) groups is 1. The lowest BCUT2D eigenvalue weighted by Crippen LogP contribution is -2.39. The average molecular weight is 203 g/mol. The molecule has 0 N–H and O–H groups in total. The fraction of sp³-hybridized carbons (Fsp3) is 0.900. The van der Waals surface area contributed by atoms with Gasteiger partial charge in [0.25, 0.3) is 0 Å². The van der Waals surface area contributed by atoms with E-state index in [1.165, 1.54) is 7.11 Å². The summed E-state index contributed by atoms with van der Waals surface area (Å²) in [5, 5.41) is 0. The van der Waals surface area contributed by atoms with E-state index in [0.717, 1.165) is 13.0 Å². The largest absolute Gasteiger partial charge is 0.469 e. The highest BCUT2D eigenvalue weighted by Gasteiger charge is 2.27. The van der Waals surface area contributed by atoms with E-state index in [9.17, 15) is 9.18 Å². The lowest BCUT2D eigenvalue weighted by atomic mass is 9.91. The number of hydrogen-bond acceptors (Lipinski definition) is 3. The van der Waals surface area contributed by atoms with Gasteiger partial charge in [-0.15, -0.1) is 0 Å². The Labute approximate surface area is 84.2 Å². The van der Waals surface area contributed by atoms with Gasteiger partial charge in [0.1, 0.15) is 6.17 Å².